The number of hydrogen-bond donors (Lipinski definition) is 1. The Balaban J connectivity index is 2.55. The number of benzene rings is 1. The number of hydrogen-bond acceptors (Lipinski definition) is 4. The molecule has 0 aliphatic heterocycles. The highest BCUT2D eigenvalue weighted by atomic mass is 35.5. The first-order chi connectivity index (χ1) is 6.66. The first kappa shape index (κ1) is 9.02. The molecule has 5 heteroatoms. The molecule has 0 spiro atoms. The second kappa shape index (κ2) is 3.31. The second-order valence-corrected chi connectivity index (χ2v) is 3.28. The van der Waals surface area contributed by atoms with Crippen LogP contribution >= 0.6 is 11.6 Å². The third-order valence-corrected chi connectivity index (χ3v) is 2.09. The zero-order chi connectivity index (χ0) is 10.1. The van der Waals surface area contributed by atoms with Gasteiger partial charge in [-0.3, -0.25) is 0 Å². The van der Waals surface area contributed by atoms with Crippen LogP contribution in [0.3, 0.4) is 0 Å². The number of aryl methyl sites for hydroxylation is 1. The molecule has 0 saturated heterocycles. The Hall–Kier alpha value is -1.55. The molecule has 72 valence electrons. The maximum Gasteiger partial charge on any atom is 0.223 e. The lowest BCUT2D eigenvalue weighted by molar-refractivity contribution is 0.394. The molecule has 2 aromatic rings. The standard InChI is InChI=1S/C9H8ClN3O/c1-5-12-9(13-14-5)7-4-6(11)2-3-8(7)10/h2-4H,11H2,1H3. The van der Waals surface area contributed by atoms with Crippen LogP contribution in [0.2, 0.25) is 5.02 Å². The van der Waals surface area contributed by atoms with Crippen molar-refractivity contribution in [3.63, 3.8) is 0 Å². The number of nitrogens with two attached hydrogens (primary N) is 1. The van der Waals surface area contributed by atoms with Gasteiger partial charge in [-0.2, -0.15) is 4.98 Å². The van der Waals surface area contributed by atoms with E-state index in [-0.39, 0.29) is 0 Å². The highest BCUT2D eigenvalue weighted by Gasteiger charge is 2.09. The predicted octanol–water partition coefficient (Wildman–Crippen LogP) is 2.28. The molecule has 0 unspecified atom stereocenters. The number of nitrogens with zero attached hydrogens (tertiary/aromatic N) is 2. The summed E-state index contributed by atoms with van der Waals surface area (Å²) < 4.78 is 4.85. The molecule has 1 heterocycles. The zero-order valence-corrected chi connectivity index (χ0v) is 8.25. The molecule has 4 nitrogen and oxygen atoms in total. The van der Waals surface area contributed by atoms with E-state index < -0.39 is 0 Å². The van der Waals surface area contributed by atoms with Crippen LogP contribution in [0.25, 0.3) is 11.4 Å². The quantitative estimate of drug-likeness (QED) is 0.732. The Bertz CT molecular complexity index is 467. The van der Waals surface area contributed by atoms with Gasteiger partial charge in [0.25, 0.3) is 0 Å². The third-order valence-electron chi connectivity index (χ3n) is 1.76. The molecule has 0 saturated carbocycles. The minimum Gasteiger partial charge on any atom is -0.399 e. The van der Waals surface area contributed by atoms with E-state index in [0.29, 0.717) is 28.0 Å². The molecule has 0 radical (unpaired) electrons. The minimum atomic E-state index is 0.458. The van der Waals surface area contributed by atoms with Crippen LogP contribution < -0.4 is 5.73 Å². The largest absolute Gasteiger partial charge is 0.399 e. The lowest BCUT2D eigenvalue weighted by Gasteiger charge is -1.99. The summed E-state index contributed by atoms with van der Waals surface area (Å²) in [6.45, 7) is 1.72. The topological polar surface area (TPSA) is 64.9 Å². The van der Waals surface area contributed by atoms with Gasteiger partial charge in [0.1, 0.15) is 0 Å². The SMILES string of the molecule is Cc1nc(-c2cc(N)ccc2Cl)no1. The van der Waals surface area contributed by atoms with Gasteiger partial charge in [-0.15, -0.1) is 0 Å². The van der Waals surface area contributed by atoms with Gasteiger partial charge in [-0.1, -0.05) is 16.8 Å². The van der Waals surface area contributed by atoms with Gasteiger partial charge in [-0.05, 0) is 18.2 Å². The van der Waals surface area contributed by atoms with Gasteiger partial charge in [0.15, 0.2) is 0 Å². The normalized spacial score (nSPS) is 10.4. The van der Waals surface area contributed by atoms with E-state index in [9.17, 15) is 0 Å². The van der Waals surface area contributed by atoms with Crippen molar-refractivity contribution in [2.45, 2.75) is 6.92 Å². The summed E-state index contributed by atoms with van der Waals surface area (Å²) in [6.07, 6.45) is 0. The lowest BCUT2D eigenvalue weighted by Crippen LogP contribution is -1.88. The fourth-order valence-corrected chi connectivity index (χ4v) is 1.32. The minimum absolute atomic E-state index is 0.458. The van der Waals surface area contributed by atoms with Crippen molar-refractivity contribution in [1.82, 2.24) is 10.1 Å². The Labute approximate surface area is 85.7 Å². The first-order valence-corrected chi connectivity index (χ1v) is 4.40. The number of nitrogen functional groups attached to an aromatic ring is 1. The average Bonchev–Trinajstić information content (AvgIpc) is 2.56. The van der Waals surface area contributed by atoms with Crippen LogP contribution in [-0.4, -0.2) is 10.1 Å². The van der Waals surface area contributed by atoms with Gasteiger partial charge in [0, 0.05) is 18.2 Å². The third kappa shape index (κ3) is 1.56. The smallest absolute Gasteiger partial charge is 0.223 e. The molecule has 0 atom stereocenters. The summed E-state index contributed by atoms with van der Waals surface area (Å²) in [5.41, 5.74) is 6.93. The van der Waals surface area contributed by atoms with Crippen molar-refractivity contribution in [2.24, 2.45) is 0 Å². The molecule has 1 aromatic heterocycles. The van der Waals surface area contributed by atoms with Crippen molar-refractivity contribution in [1.29, 1.82) is 0 Å². The fourth-order valence-electron chi connectivity index (χ4n) is 1.12. The van der Waals surface area contributed by atoms with E-state index >= 15 is 0 Å². The maximum absolute atomic E-state index is 5.96. The monoisotopic (exact) mass is 209 g/mol. The van der Waals surface area contributed by atoms with Crippen LogP contribution in [0.15, 0.2) is 22.7 Å². The van der Waals surface area contributed by atoms with Crippen LogP contribution in [0.1, 0.15) is 5.89 Å². The van der Waals surface area contributed by atoms with Crippen LogP contribution in [0.5, 0.6) is 0 Å². The molecule has 1 aromatic carbocycles. The number of halogens is 1. The van der Waals surface area contributed by atoms with E-state index in [4.69, 9.17) is 21.9 Å². The van der Waals surface area contributed by atoms with Gasteiger partial charge in [0.05, 0.1) is 5.02 Å². The molecule has 0 aliphatic carbocycles. The zero-order valence-electron chi connectivity index (χ0n) is 7.49. The van der Waals surface area contributed by atoms with Crippen molar-refractivity contribution in [2.75, 3.05) is 5.73 Å². The Morgan fingerprint density at radius 1 is 1.43 bits per heavy atom. The number of rotatable bonds is 1. The van der Waals surface area contributed by atoms with E-state index in [2.05, 4.69) is 10.1 Å². The summed E-state index contributed by atoms with van der Waals surface area (Å²) >= 11 is 5.96. The Morgan fingerprint density at radius 3 is 2.86 bits per heavy atom. The molecule has 0 bridgehead atoms. The molecule has 2 N–H and O–H groups in total. The maximum atomic E-state index is 5.96. The van der Waals surface area contributed by atoms with Crippen molar-refractivity contribution in [3.05, 3.63) is 29.1 Å². The van der Waals surface area contributed by atoms with Crippen molar-refractivity contribution in [3.8, 4) is 11.4 Å². The molecule has 2 rings (SSSR count). The second-order valence-electron chi connectivity index (χ2n) is 2.88. The van der Waals surface area contributed by atoms with Crippen LogP contribution in [-0.2, 0) is 0 Å². The molecule has 0 amide bonds. The molecule has 0 aliphatic rings. The van der Waals surface area contributed by atoms with Crippen molar-refractivity contribution >= 4 is 17.3 Å². The summed E-state index contributed by atoms with van der Waals surface area (Å²) in [5, 5.41) is 4.32. The van der Waals surface area contributed by atoms with Crippen LogP contribution in [0.4, 0.5) is 5.69 Å². The number of anilines is 1. The first-order valence-electron chi connectivity index (χ1n) is 4.02. The molecule has 0 fully saturated rings. The highest BCUT2D eigenvalue weighted by Crippen LogP contribution is 2.27. The van der Waals surface area contributed by atoms with E-state index in [1.165, 1.54) is 0 Å². The lowest BCUT2D eigenvalue weighted by atomic mass is 10.2. The summed E-state index contributed by atoms with van der Waals surface area (Å²) in [5.74, 6) is 0.957. The summed E-state index contributed by atoms with van der Waals surface area (Å²) in [7, 11) is 0. The van der Waals surface area contributed by atoms with Gasteiger partial charge in [0.2, 0.25) is 11.7 Å². The van der Waals surface area contributed by atoms with E-state index in [0.717, 1.165) is 0 Å². The average molecular weight is 210 g/mol. The molecule has 14 heavy (non-hydrogen) atoms. The van der Waals surface area contributed by atoms with Gasteiger partial charge >= 0.3 is 0 Å². The van der Waals surface area contributed by atoms with E-state index in [1.54, 1.807) is 25.1 Å². The molecular formula is C9H8ClN3O. The Kier molecular flexibility index (Phi) is 2.13. The number of aromatic nitrogens is 2. The van der Waals surface area contributed by atoms with Crippen LogP contribution in [0, 0.1) is 6.92 Å². The van der Waals surface area contributed by atoms with Gasteiger partial charge in [-0.25, -0.2) is 0 Å². The predicted molar refractivity (Wildman–Crippen MR) is 53.9 cm³/mol. The summed E-state index contributed by atoms with van der Waals surface area (Å²) in [6, 6.07) is 5.14. The van der Waals surface area contributed by atoms with Crippen molar-refractivity contribution < 1.29 is 4.52 Å². The molecular weight excluding hydrogens is 202 g/mol. The fraction of sp³-hybridized carbons (Fsp3) is 0.111. The Morgan fingerprint density at radius 2 is 2.21 bits per heavy atom. The van der Waals surface area contributed by atoms with Gasteiger partial charge < -0.3 is 10.3 Å². The summed E-state index contributed by atoms with van der Waals surface area (Å²) in [4.78, 5) is 4.07. The van der Waals surface area contributed by atoms with E-state index in [1.807, 2.05) is 0 Å². The highest BCUT2D eigenvalue weighted by molar-refractivity contribution is 6.33.